The first-order valence-corrected chi connectivity index (χ1v) is 9.63. The zero-order chi connectivity index (χ0) is 19.8. The number of carbonyl (C=O) groups is 1. The van der Waals surface area contributed by atoms with Gasteiger partial charge in [-0.25, -0.2) is 4.98 Å². The molecule has 2 heterocycles. The van der Waals surface area contributed by atoms with E-state index in [-0.39, 0.29) is 24.1 Å². The summed E-state index contributed by atoms with van der Waals surface area (Å²) in [6.07, 6.45) is 0.835. The third kappa shape index (κ3) is 3.20. The number of para-hydroxylation sites is 2. The number of fused-ring (bicyclic) bond motifs is 2. The second kappa shape index (κ2) is 7.20. The second-order valence-corrected chi connectivity index (χ2v) is 7.77. The average Bonchev–Trinajstić information content (AvgIpc) is 3.00. The number of hydrogen-bond acceptors (Lipinski definition) is 3. The van der Waals surface area contributed by atoms with E-state index in [1.165, 1.54) is 5.56 Å². The van der Waals surface area contributed by atoms with Gasteiger partial charge in [0.2, 0.25) is 5.91 Å². The summed E-state index contributed by atoms with van der Waals surface area (Å²) in [4.78, 5) is 34.1. The fourth-order valence-electron chi connectivity index (χ4n) is 3.99. The van der Waals surface area contributed by atoms with Crippen LogP contribution in [0.5, 0.6) is 0 Å². The van der Waals surface area contributed by atoms with Crippen molar-refractivity contribution in [2.75, 3.05) is 19.0 Å². The molecule has 0 radical (unpaired) electrons. The highest BCUT2D eigenvalue weighted by atomic mass is 16.2. The molecule has 0 bridgehead atoms. The Balaban J connectivity index is 1.76. The fraction of sp³-hybridized carbons (Fsp3) is 0.318. The summed E-state index contributed by atoms with van der Waals surface area (Å²) in [6.45, 7) is 2.61. The average molecular weight is 377 g/mol. The minimum Gasteiger partial charge on any atom is -0.334 e. The first kappa shape index (κ1) is 18.4. The lowest BCUT2D eigenvalue weighted by Crippen LogP contribution is -3.04. The van der Waals surface area contributed by atoms with Crippen molar-refractivity contribution >= 4 is 22.5 Å². The van der Waals surface area contributed by atoms with Gasteiger partial charge >= 0.3 is 0 Å². The van der Waals surface area contributed by atoms with Crippen LogP contribution in [-0.4, -0.2) is 35.6 Å². The summed E-state index contributed by atoms with van der Waals surface area (Å²) in [5, 5.41) is 0.544. The van der Waals surface area contributed by atoms with Gasteiger partial charge in [0.05, 0.1) is 25.0 Å². The molecule has 0 saturated heterocycles. The topological polar surface area (TPSA) is 59.6 Å². The van der Waals surface area contributed by atoms with Gasteiger partial charge < -0.3 is 9.80 Å². The molecule has 0 saturated carbocycles. The summed E-state index contributed by atoms with van der Waals surface area (Å²) >= 11 is 0. The van der Waals surface area contributed by atoms with Crippen LogP contribution >= 0.6 is 0 Å². The Labute approximate surface area is 164 Å². The molecule has 6 nitrogen and oxygen atoms in total. The minimum absolute atomic E-state index is 0.00203. The lowest BCUT2D eigenvalue weighted by atomic mass is 10.1. The molecular weight excluding hydrogens is 352 g/mol. The highest BCUT2D eigenvalue weighted by molar-refractivity contribution is 5.96. The van der Waals surface area contributed by atoms with Gasteiger partial charge in [-0.15, -0.1) is 0 Å². The van der Waals surface area contributed by atoms with E-state index in [4.69, 9.17) is 4.98 Å². The number of amides is 1. The lowest BCUT2D eigenvalue weighted by molar-refractivity contribution is -0.873. The normalized spacial score (nSPS) is 16.0. The zero-order valence-electron chi connectivity index (χ0n) is 16.5. The van der Waals surface area contributed by atoms with E-state index in [1.54, 1.807) is 10.6 Å². The summed E-state index contributed by atoms with van der Waals surface area (Å²) in [6, 6.07) is 15.4. The molecule has 1 aliphatic heterocycles. The maximum atomic E-state index is 13.2. The van der Waals surface area contributed by atoms with Crippen LogP contribution in [0, 0.1) is 0 Å². The van der Waals surface area contributed by atoms with Gasteiger partial charge in [0.15, 0.2) is 5.82 Å². The largest absolute Gasteiger partial charge is 0.334 e. The van der Waals surface area contributed by atoms with E-state index in [2.05, 4.69) is 6.07 Å². The molecule has 0 spiro atoms. The quantitative estimate of drug-likeness (QED) is 0.739. The molecule has 3 aromatic rings. The monoisotopic (exact) mass is 377 g/mol. The maximum absolute atomic E-state index is 13.2. The molecule has 1 atom stereocenters. The molecule has 0 aliphatic carbocycles. The van der Waals surface area contributed by atoms with Crippen molar-refractivity contribution in [3.63, 3.8) is 0 Å². The maximum Gasteiger partial charge on any atom is 0.262 e. The Bertz CT molecular complexity index is 1100. The number of nitrogens with one attached hydrogen (secondary N) is 1. The zero-order valence-corrected chi connectivity index (χ0v) is 16.5. The molecule has 1 aliphatic rings. The number of hydrogen-bond donors (Lipinski definition) is 1. The van der Waals surface area contributed by atoms with E-state index in [0.29, 0.717) is 23.3 Å². The Hall–Kier alpha value is -2.99. The summed E-state index contributed by atoms with van der Waals surface area (Å²) in [7, 11) is 4.01. The van der Waals surface area contributed by atoms with Crippen molar-refractivity contribution in [2.24, 2.45) is 0 Å². The van der Waals surface area contributed by atoms with E-state index in [0.717, 1.165) is 17.0 Å². The summed E-state index contributed by atoms with van der Waals surface area (Å²) in [5.41, 5.74) is 2.63. The van der Waals surface area contributed by atoms with Crippen LogP contribution in [0.3, 0.4) is 0 Å². The Morgan fingerprint density at radius 2 is 1.86 bits per heavy atom. The SMILES string of the molecule is C[C@@H]1Cc2ccccc2N1C(=O)Cn1c(C[NH+](C)C)nc2ccccc2c1=O. The smallest absolute Gasteiger partial charge is 0.262 e. The first-order chi connectivity index (χ1) is 13.5. The molecule has 1 aromatic heterocycles. The van der Waals surface area contributed by atoms with Crippen molar-refractivity contribution in [1.29, 1.82) is 0 Å². The molecule has 0 unspecified atom stereocenters. The molecule has 1 N–H and O–H groups in total. The second-order valence-electron chi connectivity index (χ2n) is 7.77. The van der Waals surface area contributed by atoms with Gasteiger partial charge in [-0.2, -0.15) is 0 Å². The van der Waals surface area contributed by atoms with Crippen LogP contribution in [0.25, 0.3) is 10.9 Å². The highest BCUT2D eigenvalue weighted by Crippen LogP contribution is 2.31. The van der Waals surface area contributed by atoms with E-state index >= 15 is 0 Å². The van der Waals surface area contributed by atoms with Crippen molar-refractivity contribution in [3.8, 4) is 0 Å². The fourth-order valence-corrected chi connectivity index (χ4v) is 3.99. The van der Waals surface area contributed by atoms with Gasteiger partial charge in [0.1, 0.15) is 13.1 Å². The summed E-state index contributed by atoms with van der Waals surface area (Å²) in [5.74, 6) is 0.559. The van der Waals surface area contributed by atoms with E-state index < -0.39 is 0 Å². The van der Waals surface area contributed by atoms with Crippen LogP contribution in [0.1, 0.15) is 18.3 Å². The van der Waals surface area contributed by atoms with Gasteiger partial charge in [-0.05, 0) is 37.1 Å². The molecule has 4 rings (SSSR count). The van der Waals surface area contributed by atoms with Gasteiger partial charge in [0.25, 0.3) is 5.56 Å². The number of carbonyl (C=O) groups excluding carboxylic acids is 1. The molecule has 1 amide bonds. The number of aromatic nitrogens is 2. The van der Waals surface area contributed by atoms with Crippen molar-refractivity contribution < 1.29 is 9.69 Å². The summed E-state index contributed by atoms with van der Waals surface area (Å²) < 4.78 is 1.55. The molecule has 2 aromatic carbocycles. The molecule has 28 heavy (non-hydrogen) atoms. The minimum atomic E-state index is -0.157. The van der Waals surface area contributed by atoms with Crippen LogP contribution in [0.2, 0.25) is 0 Å². The molecule has 6 heteroatoms. The third-order valence-electron chi connectivity index (χ3n) is 5.22. The van der Waals surface area contributed by atoms with E-state index in [1.807, 2.05) is 62.3 Å². The van der Waals surface area contributed by atoms with Crippen LogP contribution in [0.15, 0.2) is 53.3 Å². The van der Waals surface area contributed by atoms with Crippen LogP contribution in [-0.2, 0) is 24.3 Å². The van der Waals surface area contributed by atoms with Crippen molar-refractivity contribution in [2.45, 2.75) is 32.5 Å². The van der Waals surface area contributed by atoms with Crippen LogP contribution in [0.4, 0.5) is 5.69 Å². The third-order valence-corrected chi connectivity index (χ3v) is 5.22. The Morgan fingerprint density at radius 3 is 2.64 bits per heavy atom. The van der Waals surface area contributed by atoms with Crippen molar-refractivity contribution in [3.05, 3.63) is 70.3 Å². The van der Waals surface area contributed by atoms with Crippen LogP contribution < -0.4 is 15.4 Å². The Morgan fingerprint density at radius 1 is 1.14 bits per heavy atom. The number of benzene rings is 2. The molecule has 144 valence electrons. The first-order valence-electron chi connectivity index (χ1n) is 9.63. The predicted octanol–water partition coefficient (Wildman–Crippen LogP) is 1.02. The number of quaternary nitrogens is 1. The number of nitrogens with zero attached hydrogens (tertiary/aromatic N) is 3. The predicted molar refractivity (Wildman–Crippen MR) is 110 cm³/mol. The number of rotatable bonds is 4. The van der Waals surface area contributed by atoms with Gasteiger partial charge in [0, 0.05) is 11.7 Å². The van der Waals surface area contributed by atoms with Gasteiger partial charge in [-0.3, -0.25) is 14.2 Å². The number of anilines is 1. The Kier molecular flexibility index (Phi) is 4.73. The molecule has 0 fully saturated rings. The highest BCUT2D eigenvalue weighted by Gasteiger charge is 2.31. The standard InChI is InChI=1S/C22H24N4O2/c1-15-12-16-8-4-7-11-19(16)26(15)21(27)14-25-20(13-24(2)3)23-18-10-6-5-9-17(18)22(25)28/h4-11,15H,12-14H2,1-3H3/p+1/t15-/m1/s1. The van der Waals surface area contributed by atoms with Gasteiger partial charge in [-0.1, -0.05) is 30.3 Å². The van der Waals surface area contributed by atoms with E-state index in [9.17, 15) is 9.59 Å². The van der Waals surface area contributed by atoms with Crippen molar-refractivity contribution in [1.82, 2.24) is 9.55 Å². The molecular formula is C22H25N4O2+. The lowest BCUT2D eigenvalue weighted by Gasteiger charge is -2.24.